The number of rotatable bonds is 6. The van der Waals surface area contributed by atoms with Gasteiger partial charge in [0.05, 0.1) is 0 Å². The van der Waals surface area contributed by atoms with Crippen molar-refractivity contribution in [2.45, 2.75) is 12.8 Å². The molecule has 1 N–H and O–H groups in total. The highest BCUT2D eigenvalue weighted by Gasteiger charge is 2.20. The van der Waals surface area contributed by atoms with Gasteiger partial charge in [-0.1, -0.05) is 24.3 Å². The largest absolute Gasteiger partial charge is 0.380 e. The van der Waals surface area contributed by atoms with E-state index < -0.39 is 29.2 Å². The molecule has 0 atom stereocenters. The van der Waals surface area contributed by atoms with Crippen molar-refractivity contribution in [1.29, 1.82) is 0 Å². The van der Waals surface area contributed by atoms with E-state index in [9.17, 15) is 22.4 Å². The Balaban J connectivity index is 1.99. The predicted octanol–water partition coefficient (Wildman–Crippen LogP) is 3.50. The molecule has 3 nitrogen and oxygen atoms in total. The van der Waals surface area contributed by atoms with Gasteiger partial charge in [-0.2, -0.15) is 22.5 Å². The molecule has 0 unspecified atom stereocenters. The molecule has 2 rings (SSSR count). The maximum atomic E-state index is 13.4. The first kappa shape index (κ1) is 15.9. The van der Waals surface area contributed by atoms with Crippen molar-refractivity contribution in [2.75, 3.05) is 11.9 Å². The summed E-state index contributed by atoms with van der Waals surface area (Å²) in [5, 5.41) is 2.31. The molecule has 0 fully saturated rings. The number of hydrogen-bond acceptors (Lipinski definition) is 3. The highest BCUT2D eigenvalue weighted by Crippen LogP contribution is 2.22. The number of carbonyl (C=O) groups is 1. The summed E-state index contributed by atoms with van der Waals surface area (Å²) in [6.45, 7) is 0.0733. The van der Waals surface area contributed by atoms with Crippen molar-refractivity contribution in [3.63, 3.8) is 0 Å². The molecule has 0 spiro atoms. The number of aryl methyl sites for hydroxylation is 1. The van der Waals surface area contributed by atoms with E-state index in [-0.39, 0.29) is 6.54 Å². The Labute approximate surface area is 124 Å². The molecule has 22 heavy (non-hydrogen) atoms. The van der Waals surface area contributed by atoms with Crippen LogP contribution in [0, 0.1) is 23.5 Å². The van der Waals surface area contributed by atoms with E-state index in [1.807, 2.05) is 0 Å². The summed E-state index contributed by atoms with van der Waals surface area (Å²) in [5.41, 5.74) is 0.432. The van der Waals surface area contributed by atoms with Gasteiger partial charge >= 0.3 is 0 Å². The summed E-state index contributed by atoms with van der Waals surface area (Å²) in [6.07, 6.45) is 1.60. The molecule has 0 aliphatic heterocycles. The van der Waals surface area contributed by atoms with Crippen LogP contribution in [0.4, 0.5) is 23.2 Å². The average molecular weight is 312 g/mol. The van der Waals surface area contributed by atoms with Gasteiger partial charge in [0, 0.05) is 12.1 Å². The van der Waals surface area contributed by atoms with Gasteiger partial charge in [-0.15, -0.1) is 0 Å². The van der Waals surface area contributed by atoms with Gasteiger partial charge < -0.3 is 5.32 Å². The number of hydrogen-bond donors (Lipinski definition) is 1. The van der Waals surface area contributed by atoms with Gasteiger partial charge in [0.25, 0.3) is 11.9 Å². The lowest BCUT2D eigenvalue weighted by molar-refractivity contribution is 0.112. The smallest absolute Gasteiger partial charge is 0.253 e. The second-order valence-electron chi connectivity index (χ2n) is 4.54. The molecular formula is C15H12F4N2O. The summed E-state index contributed by atoms with van der Waals surface area (Å²) in [5.74, 6) is -6.53. The van der Waals surface area contributed by atoms with Crippen LogP contribution in [-0.4, -0.2) is 17.8 Å². The minimum atomic E-state index is -1.70. The molecule has 1 heterocycles. The monoisotopic (exact) mass is 312 g/mol. The Bertz CT molecular complexity index is 665. The first-order chi connectivity index (χ1) is 10.5. The Morgan fingerprint density at radius 3 is 2.32 bits per heavy atom. The van der Waals surface area contributed by atoms with Gasteiger partial charge in [0.15, 0.2) is 0 Å². The first-order valence-corrected chi connectivity index (χ1v) is 6.51. The van der Waals surface area contributed by atoms with Crippen molar-refractivity contribution in [3.05, 3.63) is 58.9 Å². The number of halogens is 4. The molecule has 0 saturated heterocycles. The third kappa shape index (κ3) is 3.41. The van der Waals surface area contributed by atoms with E-state index in [0.29, 0.717) is 18.4 Å². The van der Waals surface area contributed by atoms with Crippen LogP contribution in [0.5, 0.6) is 0 Å². The molecule has 1 aromatic carbocycles. The molecule has 116 valence electrons. The van der Waals surface area contributed by atoms with Crippen molar-refractivity contribution in [3.8, 4) is 0 Å². The lowest BCUT2D eigenvalue weighted by Crippen LogP contribution is -2.11. The van der Waals surface area contributed by atoms with Gasteiger partial charge in [-0.3, -0.25) is 4.79 Å². The highest BCUT2D eigenvalue weighted by molar-refractivity contribution is 5.77. The molecule has 1 aromatic heterocycles. The summed E-state index contributed by atoms with van der Waals surface area (Å²) < 4.78 is 52.6. The van der Waals surface area contributed by atoms with Gasteiger partial charge in [-0.25, -0.2) is 0 Å². The first-order valence-electron chi connectivity index (χ1n) is 6.51. The molecule has 0 bridgehead atoms. The number of pyridine rings is 1. The fraction of sp³-hybridized carbons (Fsp3) is 0.200. The molecule has 0 radical (unpaired) electrons. The van der Waals surface area contributed by atoms with Crippen LogP contribution in [0.15, 0.2) is 24.3 Å². The minimum Gasteiger partial charge on any atom is -0.380 e. The summed E-state index contributed by atoms with van der Waals surface area (Å²) in [7, 11) is 0. The Morgan fingerprint density at radius 2 is 1.68 bits per heavy atom. The lowest BCUT2D eigenvalue weighted by atomic mass is 10.0. The second kappa shape index (κ2) is 7.02. The standard InChI is InChI=1S/C15H12F4N2O/c16-11-13(12(17)15(19)21-14(11)18)20-7-3-6-9-4-1-2-5-10(9)8-22/h1-2,4-5,8H,3,6-7H2,(H,20,21). The van der Waals surface area contributed by atoms with Gasteiger partial charge in [0.1, 0.15) is 12.0 Å². The maximum absolute atomic E-state index is 13.4. The van der Waals surface area contributed by atoms with E-state index in [1.165, 1.54) is 0 Å². The van der Waals surface area contributed by atoms with Crippen LogP contribution in [0.2, 0.25) is 0 Å². The molecule has 0 aliphatic rings. The van der Waals surface area contributed by atoms with Crippen molar-refractivity contribution >= 4 is 12.0 Å². The van der Waals surface area contributed by atoms with Crippen LogP contribution in [0.3, 0.4) is 0 Å². The molecular weight excluding hydrogens is 300 g/mol. The molecule has 7 heteroatoms. The van der Waals surface area contributed by atoms with E-state index in [2.05, 4.69) is 10.3 Å². The van der Waals surface area contributed by atoms with Crippen LogP contribution in [-0.2, 0) is 6.42 Å². The number of nitrogens with zero attached hydrogens (tertiary/aromatic N) is 1. The fourth-order valence-electron chi connectivity index (χ4n) is 2.01. The topological polar surface area (TPSA) is 42.0 Å². The van der Waals surface area contributed by atoms with Crippen LogP contribution in [0.25, 0.3) is 0 Å². The number of carbonyl (C=O) groups excluding carboxylic acids is 1. The average Bonchev–Trinajstić information content (AvgIpc) is 2.52. The lowest BCUT2D eigenvalue weighted by Gasteiger charge is -2.10. The Kier molecular flexibility index (Phi) is 5.08. The number of benzene rings is 1. The van der Waals surface area contributed by atoms with E-state index in [0.717, 1.165) is 11.8 Å². The zero-order chi connectivity index (χ0) is 16.1. The van der Waals surface area contributed by atoms with E-state index >= 15 is 0 Å². The normalized spacial score (nSPS) is 10.5. The quantitative estimate of drug-likeness (QED) is 0.384. The highest BCUT2D eigenvalue weighted by atomic mass is 19.2. The minimum absolute atomic E-state index is 0.0733. The second-order valence-corrected chi connectivity index (χ2v) is 4.54. The molecule has 0 aliphatic carbocycles. The number of nitrogens with one attached hydrogen (secondary N) is 1. The van der Waals surface area contributed by atoms with E-state index in [1.54, 1.807) is 24.3 Å². The van der Waals surface area contributed by atoms with Crippen molar-refractivity contribution in [1.82, 2.24) is 4.98 Å². The number of aldehydes is 1. The van der Waals surface area contributed by atoms with Crippen molar-refractivity contribution in [2.24, 2.45) is 0 Å². The summed E-state index contributed by atoms with van der Waals surface area (Å²) in [4.78, 5) is 13.3. The third-order valence-corrected chi connectivity index (χ3v) is 3.10. The van der Waals surface area contributed by atoms with Gasteiger partial charge in [-0.05, 0) is 18.4 Å². The SMILES string of the molecule is O=Cc1ccccc1CCCNc1c(F)c(F)nc(F)c1F. The maximum Gasteiger partial charge on any atom is 0.253 e. The Hall–Kier alpha value is -2.44. The molecule has 2 aromatic rings. The third-order valence-electron chi connectivity index (χ3n) is 3.10. The Morgan fingerprint density at radius 1 is 1.05 bits per heavy atom. The summed E-state index contributed by atoms with van der Waals surface area (Å²) in [6, 6.07) is 6.90. The number of anilines is 1. The van der Waals surface area contributed by atoms with Crippen LogP contribution >= 0.6 is 0 Å². The van der Waals surface area contributed by atoms with Crippen LogP contribution < -0.4 is 5.32 Å². The van der Waals surface area contributed by atoms with Crippen LogP contribution in [0.1, 0.15) is 22.3 Å². The molecule has 0 saturated carbocycles. The van der Waals surface area contributed by atoms with E-state index in [4.69, 9.17) is 0 Å². The zero-order valence-corrected chi connectivity index (χ0v) is 11.4. The summed E-state index contributed by atoms with van der Waals surface area (Å²) >= 11 is 0. The fourth-order valence-corrected chi connectivity index (χ4v) is 2.01. The molecule has 0 amide bonds. The van der Waals surface area contributed by atoms with Crippen molar-refractivity contribution < 1.29 is 22.4 Å². The number of aromatic nitrogens is 1. The van der Waals surface area contributed by atoms with Gasteiger partial charge in [0.2, 0.25) is 11.6 Å². The predicted molar refractivity (Wildman–Crippen MR) is 72.7 cm³/mol. The zero-order valence-electron chi connectivity index (χ0n) is 11.4.